The molecule has 1 amide bonds. The third kappa shape index (κ3) is 4.78. The molecule has 1 aliphatic carbocycles. The van der Waals surface area contributed by atoms with Gasteiger partial charge < -0.3 is 15.2 Å². The van der Waals surface area contributed by atoms with E-state index >= 15 is 0 Å². The molecule has 2 rings (SSSR count). The van der Waals surface area contributed by atoms with Crippen LogP contribution < -0.4 is 40.0 Å². The van der Waals surface area contributed by atoms with Gasteiger partial charge in [0.25, 0.3) is 0 Å². The van der Waals surface area contributed by atoms with E-state index in [1.165, 1.54) is 6.07 Å². The number of carboxylic acids is 1. The van der Waals surface area contributed by atoms with Crippen LogP contribution in [0.2, 0.25) is 0 Å². The van der Waals surface area contributed by atoms with Gasteiger partial charge in [0.15, 0.2) is 0 Å². The van der Waals surface area contributed by atoms with Gasteiger partial charge in [0, 0.05) is 17.6 Å². The van der Waals surface area contributed by atoms with E-state index in [0.717, 1.165) is 0 Å². The van der Waals surface area contributed by atoms with Crippen molar-refractivity contribution in [3.05, 3.63) is 28.0 Å². The summed E-state index contributed by atoms with van der Waals surface area (Å²) in [6, 6.07) is 2.91. The average molecular weight is 380 g/mol. The van der Waals surface area contributed by atoms with E-state index < -0.39 is 17.7 Å². The van der Waals surface area contributed by atoms with Gasteiger partial charge in [0.1, 0.15) is 5.82 Å². The molecule has 7 heteroatoms. The minimum Gasteiger partial charge on any atom is -0.550 e. The summed E-state index contributed by atoms with van der Waals surface area (Å²) in [5, 5.41) is 13.6. The van der Waals surface area contributed by atoms with Crippen LogP contribution in [-0.4, -0.2) is 11.9 Å². The molecular formula is C15H16BrFNNaO3. The van der Waals surface area contributed by atoms with Crippen molar-refractivity contribution in [2.75, 3.05) is 5.32 Å². The van der Waals surface area contributed by atoms with Crippen molar-refractivity contribution < 1.29 is 48.6 Å². The molecule has 0 spiro atoms. The first-order valence-electron chi connectivity index (χ1n) is 6.86. The Kier molecular flexibility index (Phi) is 7.52. The summed E-state index contributed by atoms with van der Waals surface area (Å²) in [5.41, 5.74) is 1.07. The Hall–Kier alpha value is -0.430. The zero-order chi connectivity index (χ0) is 15.6. The molecule has 0 unspecified atom stereocenters. The van der Waals surface area contributed by atoms with Crippen LogP contribution in [0.4, 0.5) is 10.1 Å². The largest absolute Gasteiger partial charge is 1.00 e. The quantitative estimate of drug-likeness (QED) is 0.712. The second-order valence-electron chi connectivity index (χ2n) is 5.46. The monoisotopic (exact) mass is 379 g/mol. The number of nitrogens with one attached hydrogen (secondary N) is 1. The van der Waals surface area contributed by atoms with Crippen LogP contribution in [0.15, 0.2) is 16.6 Å². The summed E-state index contributed by atoms with van der Waals surface area (Å²) in [6.07, 6.45) is 2.17. The molecule has 1 aromatic carbocycles. The number of carbonyl (C=O) groups excluding carboxylic acids is 2. The van der Waals surface area contributed by atoms with E-state index in [4.69, 9.17) is 0 Å². The Morgan fingerprint density at radius 1 is 1.32 bits per heavy atom. The molecule has 0 aliphatic heterocycles. The summed E-state index contributed by atoms with van der Waals surface area (Å²) in [4.78, 5) is 23.1. The first-order valence-corrected chi connectivity index (χ1v) is 7.65. The number of aliphatic carboxylic acids is 1. The summed E-state index contributed by atoms with van der Waals surface area (Å²) in [6.45, 7) is 1.73. The molecule has 1 aliphatic rings. The molecule has 0 radical (unpaired) electrons. The fourth-order valence-electron chi connectivity index (χ4n) is 2.69. The number of carboxylic acid groups (broad SMARTS) is 1. The van der Waals surface area contributed by atoms with Gasteiger partial charge in [-0.25, -0.2) is 4.39 Å². The number of amides is 1. The zero-order valence-corrected chi connectivity index (χ0v) is 16.2. The van der Waals surface area contributed by atoms with Crippen LogP contribution >= 0.6 is 15.9 Å². The first kappa shape index (κ1) is 19.6. The normalized spacial score (nSPS) is 20.9. The molecule has 4 nitrogen and oxygen atoms in total. The Morgan fingerprint density at radius 2 is 1.95 bits per heavy atom. The van der Waals surface area contributed by atoms with E-state index in [-0.39, 0.29) is 47.8 Å². The van der Waals surface area contributed by atoms with Crippen molar-refractivity contribution in [3.8, 4) is 0 Å². The number of carbonyl (C=O) groups is 2. The van der Waals surface area contributed by atoms with Crippen LogP contribution in [0.3, 0.4) is 0 Å². The molecule has 0 heterocycles. The summed E-state index contributed by atoms with van der Waals surface area (Å²) >= 11 is 3.12. The number of halogens is 2. The summed E-state index contributed by atoms with van der Waals surface area (Å²) < 4.78 is 14.0. The number of rotatable bonds is 3. The Morgan fingerprint density at radius 3 is 2.55 bits per heavy atom. The van der Waals surface area contributed by atoms with E-state index in [1.54, 1.807) is 13.0 Å². The van der Waals surface area contributed by atoms with Gasteiger partial charge in [-0.05, 0) is 65.7 Å². The molecular weight excluding hydrogens is 364 g/mol. The molecule has 1 saturated carbocycles. The van der Waals surface area contributed by atoms with Gasteiger partial charge >= 0.3 is 29.6 Å². The third-order valence-corrected chi connectivity index (χ3v) is 4.86. The predicted octanol–water partition coefficient (Wildman–Crippen LogP) is -0.605. The minimum absolute atomic E-state index is 0. The molecule has 0 bridgehead atoms. The summed E-state index contributed by atoms with van der Waals surface area (Å²) in [7, 11) is 0. The van der Waals surface area contributed by atoms with Gasteiger partial charge in [0.2, 0.25) is 5.91 Å². The maximum absolute atomic E-state index is 13.6. The third-order valence-electron chi connectivity index (χ3n) is 3.86. The fourth-order valence-corrected chi connectivity index (χ4v) is 2.91. The molecule has 1 aromatic rings. The van der Waals surface area contributed by atoms with Crippen molar-refractivity contribution in [1.29, 1.82) is 0 Å². The number of aryl methyl sites for hydroxylation is 1. The fraction of sp³-hybridized carbons (Fsp3) is 0.467. The molecule has 0 aromatic heterocycles. The minimum atomic E-state index is -1.10. The van der Waals surface area contributed by atoms with Crippen molar-refractivity contribution in [2.24, 2.45) is 11.8 Å². The van der Waals surface area contributed by atoms with Crippen LogP contribution in [0, 0.1) is 24.6 Å². The van der Waals surface area contributed by atoms with Crippen LogP contribution in [-0.2, 0) is 9.59 Å². The van der Waals surface area contributed by atoms with Crippen molar-refractivity contribution in [3.63, 3.8) is 0 Å². The number of hydrogen-bond acceptors (Lipinski definition) is 3. The van der Waals surface area contributed by atoms with Gasteiger partial charge in [-0.1, -0.05) is 6.42 Å². The van der Waals surface area contributed by atoms with E-state index in [1.807, 2.05) is 0 Å². The molecule has 0 saturated heterocycles. The second kappa shape index (κ2) is 8.43. The predicted molar refractivity (Wildman–Crippen MR) is 77.9 cm³/mol. The Balaban J connectivity index is 0.00000242. The van der Waals surface area contributed by atoms with Crippen LogP contribution in [0.1, 0.15) is 31.2 Å². The maximum Gasteiger partial charge on any atom is 1.00 e. The Labute approximate surface area is 159 Å². The van der Waals surface area contributed by atoms with E-state index in [2.05, 4.69) is 21.2 Å². The maximum atomic E-state index is 13.6. The van der Waals surface area contributed by atoms with Crippen molar-refractivity contribution in [1.82, 2.24) is 0 Å². The molecule has 22 heavy (non-hydrogen) atoms. The molecule has 2 atom stereocenters. The molecule has 114 valence electrons. The van der Waals surface area contributed by atoms with Crippen LogP contribution in [0.5, 0.6) is 0 Å². The van der Waals surface area contributed by atoms with E-state index in [9.17, 15) is 19.1 Å². The summed E-state index contributed by atoms with van der Waals surface area (Å²) in [5.74, 6) is -2.74. The van der Waals surface area contributed by atoms with E-state index in [0.29, 0.717) is 35.0 Å². The van der Waals surface area contributed by atoms with Gasteiger partial charge in [-0.2, -0.15) is 0 Å². The van der Waals surface area contributed by atoms with Crippen molar-refractivity contribution in [2.45, 2.75) is 32.6 Å². The average Bonchev–Trinajstić information content (AvgIpc) is 2.44. The second-order valence-corrected chi connectivity index (χ2v) is 6.25. The number of hydrogen-bond donors (Lipinski definition) is 1. The first-order chi connectivity index (χ1) is 9.88. The van der Waals surface area contributed by atoms with Gasteiger partial charge in [0.05, 0.1) is 4.47 Å². The van der Waals surface area contributed by atoms with Gasteiger partial charge in [-0.3, -0.25) is 4.79 Å². The standard InChI is InChI=1S/C15H17BrFNO3.Na/c1-8-5-11(7-12(17)13(8)16)18-14(19)9-3-2-4-10(6-9)15(20)21;/h5,7,9-10H,2-4,6H2,1H3,(H,18,19)(H,20,21);/q;+1/p-1/t9-,10+;/m1./s1. The SMILES string of the molecule is Cc1cc(NC(=O)[C@@H]2CCC[C@H](C(=O)[O-])C2)cc(F)c1Br.[Na+]. The zero-order valence-electron chi connectivity index (χ0n) is 12.6. The topological polar surface area (TPSA) is 69.2 Å². The van der Waals surface area contributed by atoms with Gasteiger partial charge in [-0.15, -0.1) is 0 Å². The van der Waals surface area contributed by atoms with Crippen molar-refractivity contribution >= 4 is 33.5 Å². The molecule has 1 N–H and O–H groups in total. The smallest absolute Gasteiger partial charge is 0.550 e. The number of benzene rings is 1. The number of anilines is 1. The molecule has 1 fully saturated rings. The Bertz CT molecular complexity index is 559. The van der Waals surface area contributed by atoms with Crippen LogP contribution in [0.25, 0.3) is 0 Å².